The van der Waals surface area contributed by atoms with Crippen molar-refractivity contribution in [3.8, 4) is 0 Å². The van der Waals surface area contributed by atoms with E-state index in [9.17, 15) is 9.59 Å². The maximum absolute atomic E-state index is 13.0. The van der Waals surface area contributed by atoms with Crippen LogP contribution in [0.4, 0.5) is 0 Å². The quantitative estimate of drug-likeness (QED) is 0.188. The summed E-state index contributed by atoms with van der Waals surface area (Å²) < 4.78 is 11.3. The lowest BCUT2D eigenvalue weighted by molar-refractivity contribution is -0.180. The Hall–Kier alpha value is -2.22. The molecule has 2 aliphatic carbocycles. The fraction of sp³-hybridized carbons (Fsp3) is 0.643. The fourth-order valence-electron chi connectivity index (χ4n) is 4.70. The standard InChI is InChI=1S/C28H42N2O5/c1-20(2)19-33-22(4)35-30-26(31)14-12-23-11-13-24(21(3)17-23)18-29-28(15-7-8-16-28)27(32)34-25-9-5-6-10-25/h11-14,17,20,22,25,29H,5-10,15-16,18-19H2,1-4H3,(H,30,31)/b14-12+. The van der Waals surface area contributed by atoms with E-state index in [1.165, 1.54) is 6.08 Å². The van der Waals surface area contributed by atoms with E-state index in [2.05, 4.69) is 24.6 Å². The van der Waals surface area contributed by atoms with Crippen LogP contribution >= 0.6 is 0 Å². The number of esters is 1. The molecule has 1 unspecified atom stereocenters. The van der Waals surface area contributed by atoms with Crippen molar-refractivity contribution in [2.45, 2.75) is 104 Å². The molecule has 1 aromatic carbocycles. The number of hydrogen-bond donors (Lipinski definition) is 2. The lowest BCUT2D eigenvalue weighted by Gasteiger charge is -2.30. The van der Waals surface area contributed by atoms with Gasteiger partial charge in [-0.2, -0.15) is 0 Å². The molecule has 7 heteroatoms. The lowest BCUT2D eigenvalue weighted by atomic mass is 9.96. The Morgan fingerprint density at radius 3 is 2.49 bits per heavy atom. The highest BCUT2D eigenvalue weighted by Crippen LogP contribution is 2.33. The second kappa shape index (κ2) is 13.2. The van der Waals surface area contributed by atoms with Crippen molar-refractivity contribution < 1.29 is 23.9 Å². The number of aryl methyl sites for hydroxylation is 1. The molecule has 0 saturated heterocycles. The third-order valence-corrected chi connectivity index (χ3v) is 6.82. The van der Waals surface area contributed by atoms with E-state index < -0.39 is 11.8 Å². The molecule has 0 radical (unpaired) electrons. The maximum Gasteiger partial charge on any atom is 0.326 e. The molecular formula is C28H42N2O5. The van der Waals surface area contributed by atoms with Crippen LogP contribution < -0.4 is 10.8 Å². The number of benzene rings is 1. The molecule has 0 aliphatic heterocycles. The normalized spacial score (nSPS) is 18.9. The van der Waals surface area contributed by atoms with Gasteiger partial charge in [0.1, 0.15) is 11.6 Å². The third-order valence-electron chi connectivity index (χ3n) is 6.82. The molecule has 0 bridgehead atoms. The van der Waals surface area contributed by atoms with Gasteiger partial charge in [0.25, 0.3) is 5.91 Å². The van der Waals surface area contributed by atoms with Crippen LogP contribution in [-0.4, -0.2) is 36.4 Å². The summed E-state index contributed by atoms with van der Waals surface area (Å²) in [5.74, 6) is -0.0268. The van der Waals surface area contributed by atoms with Crippen LogP contribution in [0, 0.1) is 12.8 Å². The van der Waals surface area contributed by atoms with Crippen LogP contribution in [0.15, 0.2) is 24.3 Å². The summed E-state index contributed by atoms with van der Waals surface area (Å²) in [5, 5.41) is 3.56. The minimum absolute atomic E-state index is 0.0729. The fourth-order valence-corrected chi connectivity index (χ4v) is 4.70. The largest absolute Gasteiger partial charge is 0.461 e. The van der Waals surface area contributed by atoms with Crippen LogP contribution in [0.2, 0.25) is 0 Å². The number of carbonyl (C=O) groups is 2. The molecule has 3 rings (SSSR count). The molecule has 1 amide bonds. The zero-order valence-corrected chi connectivity index (χ0v) is 21.7. The van der Waals surface area contributed by atoms with Gasteiger partial charge in [-0.15, -0.1) is 0 Å². The molecular weight excluding hydrogens is 444 g/mol. The van der Waals surface area contributed by atoms with Crippen molar-refractivity contribution in [1.82, 2.24) is 10.8 Å². The van der Waals surface area contributed by atoms with Crippen LogP contribution in [0.1, 0.15) is 88.8 Å². The molecule has 7 nitrogen and oxygen atoms in total. The van der Waals surface area contributed by atoms with E-state index in [1.54, 1.807) is 13.0 Å². The molecule has 2 aliphatic rings. The van der Waals surface area contributed by atoms with E-state index in [0.29, 0.717) is 19.1 Å². The molecule has 0 aromatic heterocycles. The summed E-state index contributed by atoms with van der Waals surface area (Å²) in [4.78, 5) is 30.3. The number of ether oxygens (including phenoxy) is 2. The average molecular weight is 487 g/mol. The second-order valence-electron chi connectivity index (χ2n) is 10.4. The van der Waals surface area contributed by atoms with Gasteiger partial charge in [0, 0.05) is 12.6 Å². The number of rotatable bonds is 12. The first-order chi connectivity index (χ1) is 16.8. The minimum atomic E-state index is -0.568. The number of hydroxylamine groups is 1. The summed E-state index contributed by atoms with van der Waals surface area (Å²) in [5.41, 5.74) is 4.97. The molecule has 194 valence electrons. The highest BCUT2D eigenvalue weighted by atomic mass is 16.8. The summed E-state index contributed by atoms with van der Waals surface area (Å²) in [6.07, 6.45) is 10.8. The summed E-state index contributed by atoms with van der Waals surface area (Å²) >= 11 is 0. The van der Waals surface area contributed by atoms with Crippen LogP contribution in [-0.2, 0) is 30.4 Å². The summed E-state index contributed by atoms with van der Waals surface area (Å²) in [6, 6.07) is 6.05. The smallest absolute Gasteiger partial charge is 0.326 e. The van der Waals surface area contributed by atoms with Gasteiger partial charge >= 0.3 is 5.97 Å². The van der Waals surface area contributed by atoms with Gasteiger partial charge in [-0.3, -0.25) is 14.9 Å². The van der Waals surface area contributed by atoms with Gasteiger partial charge < -0.3 is 9.47 Å². The monoisotopic (exact) mass is 486 g/mol. The Kier molecular flexibility index (Phi) is 10.3. The average Bonchev–Trinajstić information content (AvgIpc) is 3.52. The molecule has 1 aromatic rings. The molecule has 0 heterocycles. The SMILES string of the molecule is Cc1cc(/C=C/C(=O)NOC(C)OCC(C)C)ccc1CNC1(C(=O)OC2CCCC2)CCCC1. The highest BCUT2D eigenvalue weighted by molar-refractivity contribution is 5.91. The molecule has 0 spiro atoms. The van der Waals surface area contributed by atoms with Gasteiger partial charge in [-0.25, -0.2) is 10.3 Å². The Bertz CT molecular complexity index is 870. The number of carbonyl (C=O) groups excluding carboxylic acids is 2. The Labute approximate surface area is 209 Å². The van der Waals surface area contributed by atoms with Crippen LogP contribution in [0.25, 0.3) is 6.08 Å². The highest BCUT2D eigenvalue weighted by Gasteiger charge is 2.43. The predicted molar refractivity (Wildman–Crippen MR) is 136 cm³/mol. The predicted octanol–water partition coefficient (Wildman–Crippen LogP) is 4.96. The minimum Gasteiger partial charge on any atom is -0.461 e. The number of nitrogens with one attached hydrogen (secondary N) is 2. The second-order valence-corrected chi connectivity index (χ2v) is 10.4. The van der Waals surface area contributed by atoms with Gasteiger partial charge in [-0.05, 0) is 81.1 Å². The van der Waals surface area contributed by atoms with Crippen molar-refractivity contribution in [2.75, 3.05) is 6.61 Å². The van der Waals surface area contributed by atoms with Gasteiger partial charge in [-0.1, -0.05) is 44.9 Å². The molecule has 2 fully saturated rings. The number of hydrogen-bond acceptors (Lipinski definition) is 6. The van der Waals surface area contributed by atoms with E-state index in [-0.39, 0.29) is 18.0 Å². The lowest BCUT2D eigenvalue weighted by Crippen LogP contribution is -2.51. The van der Waals surface area contributed by atoms with Crippen LogP contribution in [0.5, 0.6) is 0 Å². The molecule has 35 heavy (non-hydrogen) atoms. The van der Waals surface area contributed by atoms with Gasteiger partial charge in [0.05, 0.1) is 6.61 Å². The van der Waals surface area contributed by atoms with Crippen molar-refractivity contribution >= 4 is 18.0 Å². The van der Waals surface area contributed by atoms with Gasteiger partial charge in [0.2, 0.25) is 0 Å². The first kappa shape index (κ1) is 27.4. The van der Waals surface area contributed by atoms with Crippen LogP contribution in [0.3, 0.4) is 0 Å². The van der Waals surface area contributed by atoms with E-state index in [1.807, 2.05) is 25.1 Å². The Balaban J connectivity index is 1.50. The van der Waals surface area contributed by atoms with Crippen molar-refractivity contribution in [2.24, 2.45) is 5.92 Å². The van der Waals surface area contributed by atoms with Crippen molar-refractivity contribution in [1.29, 1.82) is 0 Å². The topological polar surface area (TPSA) is 85.9 Å². The van der Waals surface area contributed by atoms with E-state index in [0.717, 1.165) is 68.1 Å². The Morgan fingerprint density at radius 2 is 1.83 bits per heavy atom. The van der Waals surface area contributed by atoms with Gasteiger partial charge in [0.15, 0.2) is 6.29 Å². The Morgan fingerprint density at radius 1 is 1.11 bits per heavy atom. The molecule has 2 saturated carbocycles. The molecule has 2 N–H and O–H groups in total. The van der Waals surface area contributed by atoms with Crippen molar-refractivity contribution in [3.63, 3.8) is 0 Å². The van der Waals surface area contributed by atoms with E-state index in [4.69, 9.17) is 14.3 Å². The first-order valence-corrected chi connectivity index (χ1v) is 13.1. The molecule has 1 atom stereocenters. The third kappa shape index (κ3) is 8.44. The zero-order chi connectivity index (χ0) is 25.3. The number of amides is 1. The summed E-state index contributed by atoms with van der Waals surface area (Å²) in [7, 11) is 0. The first-order valence-electron chi connectivity index (χ1n) is 13.1. The zero-order valence-electron chi connectivity index (χ0n) is 21.7. The van der Waals surface area contributed by atoms with E-state index >= 15 is 0 Å². The maximum atomic E-state index is 13.0. The summed E-state index contributed by atoms with van der Waals surface area (Å²) in [6.45, 7) is 9.06. The van der Waals surface area contributed by atoms with Crippen molar-refractivity contribution in [3.05, 3.63) is 41.0 Å².